The van der Waals surface area contributed by atoms with Gasteiger partial charge in [0.05, 0.1) is 23.2 Å². The number of amides is 1. The van der Waals surface area contributed by atoms with Crippen LogP contribution in [-0.2, 0) is 15.5 Å². The molecule has 154 valence electrons. The summed E-state index contributed by atoms with van der Waals surface area (Å²) in [4.78, 5) is 20.3. The van der Waals surface area contributed by atoms with Gasteiger partial charge >= 0.3 is 0 Å². The van der Waals surface area contributed by atoms with E-state index in [4.69, 9.17) is 10.5 Å². The van der Waals surface area contributed by atoms with Gasteiger partial charge in [-0.3, -0.25) is 14.0 Å². The van der Waals surface area contributed by atoms with E-state index in [-0.39, 0.29) is 22.8 Å². The average molecular weight is 422 g/mol. The lowest BCUT2D eigenvalue weighted by molar-refractivity contribution is 0.102. The van der Waals surface area contributed by atoms with E-state index >= 15 is 0 Å². The molecule has 10 heteroatoms. The summed E-state index contributed by atoms with van der Waals surface area (Å²) in [6.45, 7) is 0.393. The van der Waals surface area contributed by atoms with Crippen LogP contribution < -0.4 is 11.1 Å². The number of rotatable bonds is 6. The third-order valence-corrected chi connectivity index (χ3v) is 6.19. The van der Waals surface area contributed by atoms with Crippen molar-refractivity contribution in [3.05, 3.63) is 59.4 Å². The molecular formula is C19H20F2N4O3S. The summed E-state index contributed by atoms with van der Waals surface area (Å²) in [6.07, 6.45) is 1.40. The second kappa shape index (κ2) is 9.19. The molecule has 3 N–H and O–H groups in total. The van der Waals surface area contributed by atoms with Crippen LogP contribution in [0.2, 0.25) is 0 Å². The Morgan fingerprint density at radius 2 is 2.14 bits per heavy atom. The number of hydrogen-bond donors (Lipinski definition) is 2. The molecule has 3 rings (SSSR count). The van der Waals surface area contributed by atoms with E-state index in [0.29, 0.717) is 18.7 Å². The molecule has 1 aliphatic heterocycles. The molecule has 29 heavy (non-hydrogen) atoms. The first-order chi connectivity index (χ1) is 13.9. The highest BCUT2D eigenvalue weighted by Crippen LogP contribution is 2.29. The number of aliphatic imine (C=N–C) groups is 1. The summed E-state index contributed by atoms with van der Waals surface area (Å²) in [5.41, 5.74) is 6.46. The molecule has 0 bridgehead atoms. The van der Waals surface area contributed by atoms with E-state index < -0.39 is 39.6 Å². The maximum Gasteiger partial charge on any atom is 0.274 e. The van der Waals surface area contributed by atoms with Crippen LogP contribution in [-0.4, -0.2) is 45.7 Å². The molecule has 0 radical (unpaired) electrons. The highest BCUT2D eigenvalue weighted by molar-refractivity contribution is 7.86. The number of benzene rings is 1. The first-order valence-corrected chi connectivity index (χ1v) is 10.2. The van der Waals surface area contributed by atoms with Crippen LogP contribution in [0.5, 0.6) is 0 Å². The van der Waals surface area contributed by atoms with Gasteiger partial charge in [0.25, 0.3) is 5.91 Å². The van der Waals surface area contributed by atoms with E-state index in [9.17, 15) is 17.8 Å². The van der Waals surface area contributed by atoms with Crippen LogP contribution in [0.25, 0.3) is 0 Å². The molecule has 1 aromatic carbocycles. The van der Waals surface area contributed by atoms with E-state index in [0.717, 1.165) is 12.3 Å². The Bertz CT molecular complexity index is 953. The van der Waals surface area contributed by atoms with Gasteiger partial charge in [-0.1, -0.05) is 0 Å². The summed E-state index contributed by atoms with van der Waals surface area (Å²) < 4.78 is 44.9. The maximum absolute atomic E-state index is 14.4. The second-order valence-electron chi connectivity index (χ2n) is 6.44. The number of halogens is 2. The summed E-state index contributed by atoms with van der Waals surface area (Å²) in [5, 5.41) is 2.15. The fourth-order valence-corrected chi connectivity index (χ4v) is 4.44. The van der Waals surface area contributed by atoms with Crippen LogP contribution in [0.3, 0.4) is 0 Å². The number of nitrogens with zero attached hydrogens (tertiary/aromatic N) is 2. The predicted octanol–water partition coefficient (Wildman–Crippen LogP) is 2.18. The maximum atomic E-state index is 14.4. The van der Waals surface area contributed by atoms with Crippen molar-refractivity contribution in [3.63, 3.8) is 0 Å². The van der Waals surface area contributed by atoms with Gasteiger partial charge in [0.2, 0.25) is 0 Å². The minimum absolute atomic E-state index is 0.0132. The van der Waals surface area contributed by atoms with Gasteiger partial charge in [-0.25, -0.2) is 13.8 Å². The molecule has 7 nitrogen and oxygen atoms in total. The van der Waals surface area contributed by atoms with Crippen LogP contribution in [0, 0.1) is 11.6 Å². The minimum Gasteiger partial charge on any atom is -0.386 e. The topological polar surface area (TPSA) is 107 Å². The zero-order chi connectivity index (χ0) is 21.0. The molecule has 3 unspecified atom stereocenters. The quantitative estimate of drug-likeness (QED) is 0.742. The molecule has 3 atom stereocenters. The number of nitrogens with two attached hydrogens (primary N) is 1. The number of carbonyl (C=O) groups excluding carboxylic acids is 1. The van der Waals surface area contributed by atoms with E-state index in [1.165, 1.54) is 24.3 Å². The Kier molecular flexibility index (Phi) is 6.65. The third-order valence-electron chi connectivity index (χ3n) is 4.43. The summed E-state index contributed by atoms with van der Waals surface area (Å²) >= 11 is 0. The lowest BCUT2D eigenvalue weighted by Crippen LogP contribution is -2.40. The van der Waals surface area contributed by atoms with Crippen molar-refractivity contribution >= 4 is 28.2 Å². The molecular weight excluding hydrogens is 402 g/mol. The summed E-state index contributed by atoms with van der Waals surface area (Å²) in [7, 11) is 0.207. The molecule has 1 amide bonds. The smallest absolute Gasteiger partial charge is 0.274 e. The van der Waals surface area contributed by atoms with Crippen molar-refractivity contribution in [2.24, 2.45) is 10.7 Å². The molecule has 0 aliphatic carbocycles. The number of nitrogens with one attached hydrogen (secondary N) is 1. The highest BCUT2D eigenvalue weighted by Gasteiger charge is 2.31. The molecule has 2 aromatic rings. The third kappa shape index (κ3) is 5.01. The lowest BCUT2D eigenvalue weighted by atomic mass is 10.1. The normalized spacial score (nSPS) is 21.5. The number of hydrogen-bond acceptors (Lipinski definition) is 6. The number of ether oxygens (including phenoxy) is 1. The van der Waals surface area contributed by atoms with Gasteiger partial charge in [0.15, 0.2) is 0 Å². The number of aromatic nitrogens is 1. The fraction of sp³-hybridized carbons (Fsp3) is 0.316. The lowest BCUT2D eigenvalue weighted by Gasteiger charge is -2.26. The van der Waals surface area contributed by atoms with Crippen LogP contribution in [0.15, 0.2) is 41.5 Å². The standard InChI is InChI=1S/C19H20F2N4O3S/c1-28-7-6-17-18(22)25-16(10-29(17)27)13-8-12(3-4-14(13)21)24-19(26)15-5-2-11(20)9-23-15/h2-5,8-9,16-17H,6-7,10H2,1H3,(H2,22,25)(H,24,26). The Balaban J connectivity index is 1.80. The monoisotopic (exact) mass is 422 g/mol. The molecule has 0 fully saturated rings. The minimum atomic E-state index is -1.33. The molecule has 2 heterocycles. The molecule has 0 spiro atoms. The number of amidine groups is 1. The van der Waals surface area contributed by atoms with Crippen molar-refractivity contribution in [1.29, 1.82) is 0 Å². The molecule has 1 aromatic heterocycles. The predicted molar refractivity (Wildman–Crippen MR) is 106 cm³/mol. The zero-order valence-electron chi connectivity index (χ0n) is 15.6. The van der Waals surface area contributed by atoms with Gasteiger partial charge in [0, 0.05) is 35.8 Å². The Labute approximate surface area is 168 Å². The van der Waals surface area contributed by atoms with Gasteiger partial charge < -0.3 is 15.8 Å². The van der Waals surface area contributed by atoms with Crippen molar-refractivity contribution in [2.75, 3.05) is 24.8 Å². The molecule has 1 aliphatic rings. The van der Waals surface area contributed by atoms with E-state index in [1.807, 2.05) is 0 Å². The van der Waals surface area contributed by atoms with Crippen molar-refractivity contribution < 1.29 is 22.5 Å². The highest BCUT2D eigenvalue weighted by atomic mass is 32.2. The van der Waals surface area contributed by atoms with Gasteiger partial charge in [-0.2, -0.15) is 0 Å². The van der Waals surface area contributed by atoms with Crippen LogP contribution in [0.4, 0.5) is 14.5 Å². The van der Waals surface area contributed by atoms with E-state index in [2.05, 4.69) is 15.3 Å². The number of carbonyl (C=O) groups is 1. The van der Waals surface area contributed by atoms with Crippen molar-refractivity contribution in [1.82, 2.24) is 4.98 Å². The Morgan fingerprint density at radius 3 is 2.79 bits per heavy atom. The summed E-state index contributed by atoms with van der Waals surface area (Å²) in [5.74, 6) is -1.37. The first kappa shape index (κ1) is 21.0. The van der Waals surface area contributed by atoms with Gasteiger partial charge in [-0.05, 0) is 36.8 Å². The first-order valence-electron chi connectivity index (χ1n) is 8.80. The number of pyridine rings is 1. The SMILES string of the molecule is COCCC1C(N)=NC(c2cc(NC(=O)c3ccc(F)cn3)ccc2F)CS1=O. The second-order valence-corrected chi connectivity index (χ2v) is 8.10. The Morgan fingerprint density at radius 1 is 1.34 bits per heavy atom. The molecule has 0 saturated heterocycles. The van der Waals surface area contributed by atoms with Gasteiger partial charge in [-0.15, -0.1) is 0 Å². The van der Waals surface area contributed by atoms with E-state index in [1.54, 1.807) is 7.11 Å². The number of anilines is 1. The summed E-state index contributed by atoms with van der Waals surface area (Å²) in [6, 6.07) is 5.63. The number of methoxy groups -OCH3 is 1. The van der Waals surface area contributed by atoms with Crippen LogP contribution >= 0.6 is 0 Å². The largest absolute Gasteiger partial charge is 0.386 e. The van der Waals surface area contributed by atoms with Gasteiger partial charge in [0.1, 0.15) is 23.2 Å². The zero-order valence-corrected chi connectivity index (χ0v) is 16.4. The molecule has 0 saturated carbocycles. The van der Waals surface area contributed by atoms with Crippen molar-refractivity contribution in [2.45, 2.75) is 17.7 Å². The fourth-order valence-electron chi connectivity index (χ4n) is 2.95. The average Bonchev–Trinajstić information content (AvgIpc) is 2.69. The van der Waals surface area contributed by atoms with Crippen LogP contribution in [0.1, 0.15) is 28.5 Å². The van der Waals surface area contributed by atoms with Crippen molar-refractivity contribution in [3.8, 4) is 0 Å². The Hall–Kier alpha value is -2.72.